The molecule has 0 aromatic heterocycles. The van der Waals surface area contributed by atoms with Crippen molar-refractivity contribution in [3.8, 4) is 0 Å². The van der Waals surface area contributed by atoms with Crippen LogP contribution in [-0.4, -0.2) is 25.7 Å². The summed E-state index contributed by atoms with van der Waals surface area (Å²) in [4.78, 5) is 15.4. The molecule has 1 rings (SSSR count). The Labute approximate surface area is 94.7 Å². The number of hydrogen-bond donors (Lipinski definition) is 4. The Morgan fingerprint density at radius 3 is 2.31 bits per heavy atom. The van der Waals surface area contributed by atoms with E-state index in [2.05, 4.69) is 4.99 Å². The number of carbonyl (C=O) groups is 1. The summed E-state index contributed by atoms with van der Waals surface area (Å²) in [6.45, 7) is 3.09. The summed E-state index contributed by atoms with van der Waals surface area (Å²) < 4.78 is 10.8. The van der Waals surface area contributed by atoms with Crippen LogP contribution in [0.5, 0.6) is 0 Å². The van der Waals surface area contributed by atoms with Gasteiger partial charge in [0.05, 0.1) is 15.5 Å². The minimum atomic E-state index is -1.65. The number of nitrogens with zero attached hydrogens (tertiary/aromatic N) is 2. The molecule has 0 radical (unpaired) electrons. The Morgan fingerprint density at radius 1 is 1.38 bits per heavy atom. The Bertz CT molecular complexity index is 425. The number of carbonyl (C=O) groups excluding carboxylic acids is 1. The first kappa shape index (κ1) is 12.6. The van der Waals surface area contributed by atoms with Gasteiger partial charge in [0.25, 0.3) is 5.91 Å². The van der Waals surface area contributed by atoms with Crippen LogP contribution in [0.15, 0.2) is 15.8 Å². The smallest absolute Gasteiger partial charge is 0.298 e. The van der Waals surface area contributed by atoms with Crippen LogP contribution in [0, 0.1) is 0 Å². The van der Waals surface area contributed by atoms with Crippen molar-refractivity contribution in [2.45, 2.75) is 18.6 Å². The Hall–Kier alpha value is -1.45. The number of nitrogens with two attached hydrogens (primary N) is 4. The molecular formula is C7H14N6O2S. The fourth-order valence-corrected chi connectivity index (χ4v) is 2.29. The molecule has 0 spiro atoms. The number of rotatable bonds is 1. The highest BCUT2D eigenvalue weighted by molar-refractivity contribution is 7.91. The molecule has 0 saturated heterocycles. The first-order chi connectivity index (χ1) is 7.19. The minimum absolute atomic E-state index is 0.0536. The van der Waals surface area contributed by atoms with E-state index in [-0.39, 0.29) is 16.6 Å². The Balaban J connectivity index is 3.33. The van der Waals surface area contributed by atoms with Crippen molar-refractivity contribution >= 4 is 22.4 Å². The van der Waals surface area contributed by atoms with E-state index in [0.717, 1.165) is 0 Å². The van der Waals surface area contributed by atoms with E-state index in [1.54, 1.807) is 13.8 Å². The van der Waals surface area contributed by atoms with Crippen LogP contribution in [0.1, 0.15) is 13.8 Å². The first-order valence-electron chi connectivity index (χ1n) is 4.29. The zero-order valence-electron chi connectivity index (χ0n) is 8.93. The quantitative estimate of drug-likeness (QED) is 0.229. The van der Waals surface area contributed by atoms with Gasteiger partial charge in [-0.3, -0.25) is 9.00 Å². The van der Waals surface area contributed by atoms with E-state index in [1.165, 1.54) is 0 Å². The summed E-state index contributed by atoms with van der Waals surface area (Å²) in [5.41, 5.74) is 10.9. The van der Waals surface area contributed by atoms with Gasteiger partial charge in [-0.15, -0.1) is 0 Å². The molecule has 1 aliphatic heterocycles. The van der Waals surface area contributed by atoms with Crippen LogP contribution in [0.4, 0.5) is 0 Å². The van der Waals surface area contributed by atoms with Crippen LogP contribution in [-0.2, 0) is 15.6 Å². The Morgan fingerprint density at radius 2 is 1.88 bits per heavy atom. The van der Waals surface area contributed by atoms with E-state index >= 15 is 0 Å². The van der Waals surface area contributed by atoms with Gasteiger partial charge in [-0.05, 0) is 13.8 Å². The van der Waals surface area contributed by atoms with Crippen molar-refractivity contribution in [2.75, 3.05) is 0 Å². The van der Waals surface area contributed by atoms with Gasteiger partial charge in [0.15, 0.2) is 5.82 Å². The second-order valence-electron chi connectivity index (χ2n) is 3.70. The molecule has 0 aromatic carbocycles. The third-order valence-corrected chi connectivity index (χ3v) is 3.88. The molecule has 0 saturated carbocycles. The van der Waals surface area contributed by atoms with Crippen molar-refractivity contribution in [2.24, 2.45) is 28.1 Å². The van der Waals surface area contributed by atoms with E-state index < -0.39 is 21.5 Å². The molecule has 0 fully saturated rings. The van der Waals surface area contributed by atoms with Crippen molar-refractivity contribution in [3.63, 3.8) is 0 Å². The maximum absolute atomic E-state index is 11.9. The summed E-state index contributed by atoms with van der Waals surface area (Å²) in [5.74, 6) is 9.31. The van der Waals surface area contributed by atoms with Gasteiger partial charge in [-0.25, -0.2) is 21.8 Å². The van der Waals surface area contributed by atoms with Gasteiger partial charge >= 0.3 is 0 Å². The lowest BCUT2D eigenvalue weighted by molar-refractivity contribution is -0.124. The van der Waals surface area contributed by atoms with E-state index in [4.69, 9.17) is 23.2 Å². The van der Waals surface area contributed by atoms with Crippen molar-refractivity contribution in [1.82, 2.24) is 5.12 Å². The fourth-order valence-electron chi connectivity index (χ4n) is 1.20. The second kappa shape index (κ2) is 3.85. The molecule has 1 aliphatic rings. The largest absolute Gasteiger partial charge is 0.388 e. The van der Waals surface area contributed by atoms with Crippen LogP contribution in [0.25, 0.3) is 0 Å². The zero-order valence-corrected chi connectivity index (χ0v) is 9.75. The SMILES string of the molecule is CC1(C)C(C(=O)N(N)N)=NC(N)=C(N)S1=O. The van der Waals surface area contributed by atoms with Gasteiger partial charge in [0.2, 0.25) is 0 Å². The van der Waals surface area contributed by atoms with Crippen molar-refractivity contribution < 1.29 is 9.00 Å². The van der Waals surface area contributed by atoms with Gasteiger partial charge < -0.3 is 11.5 Å². The Kier molecular flexibility index (Phi) is 3.03. The molecule has 1 unspecified atom stereocenters. The van der Waals surface area contributed by atoms with Gasteiger partial charge in [0, 0.05) is 0 Å². The molecule has 0 bridgehead atoms. The summed E-state index contributed by atoms with van der Waals surface area (Å²) in [6, 6.07) is 0. The number of hydrogen-bond acceptors (Lipinski definition) is 7. The predicted molar refractivity (Wildman–Crippen MR) is 60.3 cm³/mol. The fraction of sp³-hybridized carbons (Fsp3) is 0.429. The maximum Gasteiger partial charge on any atom is 0.298 e. The summed E-state index contributed by atoms with van der Waals surface area (Å²) in [5, 5.41) is 0.314. The third-order valence-electron chi connectivity index (χ3n) is 2.16. The molecule has 0 aromatic rings. The molecule has 8 N–H and O–H groups in total. The molecule has 9 heteroatoms. The van der Waals surface area contributed by atoms with Gasteiger partial charge in [0.1, 0.15) is 10.7 Å². The summed E-state index contributed by atoms with van der Waals surface area (Å²) >= 11 is 0. The highest BCUT2D eigenvalue weighted by atomic mass is 32.2. The van der Waals surface area contributed by atoms with E-state index in [0.29, 0.717) is 5.12 Å². The molecule has 16 heavy (non-hydrogen) atoms. The lowest BCUT2D eigenvalue weighted by atomic mass is 10.1. The van der Waals surface area contributed by atoms with Gasteiger partial charge in [-0.2, -0.15) is 0 Å². The third kappa shape index (κ3) is 1.79. The monoisotopic (exact) mass is 246 g/mol. The summed E-state index contributed by atoms with van der Waals surface area (Å²) in [6.07, 6.45) is 0. The van der Waals surface area contributed by atoms with E-state index in [1.807, 2.05) is 0 Å². The molecule has 0 aliphatic carbocycles. The number of hydrazine groups is 2. The first-order valence-corrected chi connectivity index (χ1v) is 5.44. The lowest BCUT2D eigenvalue weighted by Gasteiger charge is -2.29. The molecular weight excluding hydrogens is 232 g/mol. The predicted octanol–water partition coefficient (Wildman–Crippen LogP) is -2.41. The van der Waals surface area contributed by atoms with Crippen LogP contribution < -0.4 is 23.2 Å². The lowest BCUT2D eigenvalue weighted by Crippen LogP contribution is -2.55. The average Bonchev–Trinajstić information content (AvgIpc) is 2.20. The molecule has 1 heterocycles. The highest BCUT2D eigenvalue weighted by Gasteiger charge is 2.42. The number of amides is 1. The van der Waals surface area contributed by atoms with Crippen molar-refractivity contribution in [3.05, 3.63) is 10.9 Å². The average molecular weight is 246 g/mol. The zero-order chi connectivity index (χ0) is 12.7. The van der Waals surface area contributed by atoms with E-state index in [9.17, 15) is 9.00 Å². The molecule has 90 valence electrons. The standard InChI is InChI=1S/C7H14N6O2S/c1-7(2)3(6(14)13(10)11)12-4(8)5(9)16(7)15/h8-11H2,1-2H3. The summed E-state index contributed by atoms with van der Waals surface area (Å²) in [7, 11) is -1.65. The van der Waals surface area contributed by atoms with Crippen LogP contribution in [0.3, 0.4) is 0 Å². The van der Waals surface area contributed by atoms with Crippen LogP contribution >= 0.6 is 0 Å². The molecule has 1 atom stereocenters. The minimum Gasteiger partial charge on any atom is -0.388 e. The normalized spacial score (nSPS) is 24.0. The molecule has 1 amide bonds. The van der Waals surface area contributed by atoms with Gasteiger partial charge in [-0.1, -0.05) is 0 Å². The van der Waals surface area contributed by atoms with Crippen LogP contribution in [0.2, 0.25) is 0 Å². The number of aliphatic imine (C=N–C) groups is 1. The molecule has 8 nitrogen and oxygen atoms in total. The van der Waals surface area contributed by atoms with Crippen molar-refractivity contribution in [1.29, 1.82) is 0 Å². The second-order valence-corrected chi connectivity index (χ2v) is 5.70. The highest BCUT2D eigenvalue weighted by Crippen LogP contribution is 2.25. The topological polar surface area (TPSA) is 154 Å². The maximum atomic E-state index is 11.9.